The molecule has 0 aliphatic carbocycles. The van der Waals surface area contributed by atoms with E-state index in [1.807, 2.05) is 0 Å². The number of hydrogen-bond donors (Lipinski definition) is 5. The van der Waals surface area contributed by atoms with Crippen LogP contribution >= 0.6 is 25.3 Å². The van der Waals surface area contributed by atoms with E-state index in [4.69, 9.17) is 0 Å². The van der Waals surface area contributed by atoms with E-state index in [0.717, 1.165) is 9.79 Å². The third-order valence-electron chi connectivity index (χ3n) is 5.15. The SMILES string of the molecule is O=C(O)CN(CCN(C[N-]c1ccc(S)cc1)CC(=O)O)CCN(C[N-]c1ccc(S)cc1)CC(=O)O.[Gd].[Gd].[SH-]. The van der Waals surface area contributed by atoms with Crippen LogP contribution in [-0.2, 0) is 27.9 Å². The van der Waals surface area contributed by atoms with Gasteiger partial charge in [-0.2, -0.15) is 0 Å². The first kappa shape index (κ1) is 42.2. The van der Waals surface area contributed by atoms with Gasteiger partial charge in [-0.15, -0.1) is 36.6 Å². The summed E-state index contributed by atoms with van der Waals surface area (Å²) >= 11 is 8.46. The third-order valence-corrected chi connectivity index (χ3v) is 5.74. The molecule has 3 N–H and O–H groups in total. The van der Waals surface area contributed by atoms with E-state index in [2.05, 4.69) is 35.9 Å². The van der Waals surface area contributed by atoms with E-state index in [-0.39, 0.29) is 153 Å². The van der Waals surface area contributed by atoms with Crippen LogP contribution in [0.5, 0.6) is 0 Å². The van der Waals surface area contributed by atoms with Crippen molar-refractivity contribution in [3.8, 4) is 0 Å². The van der Waals surface area contributed by atoms with Crippen molar-refractivity contribution < 1.29 is 110 Å². The van der Waals surface area contributed by atoms with Crippen LogP contribution in [0.4, 0.5) is 11.4 Å². The van der Waals surface area contributed by atoms with Crippen molar-refractivity contribution in [2.24, 2.45) is 0 Å². The summed E-state index contributed by atoms with van der Waals surface area (Å²) in [7, 11) is 0. The molecule has 0 fully saturated rings. The van der Waals surface area contributed by atoms with E-state index < -0.39 is 17.9 Å². The predicted octanol–water partition coefficient (Wildman–Crippen LogP) is 2.78. The number of aliphatic carboxylic acids is 3. The normalized spacial score (nSPS) is 10.3. The molecule has 0 heterocycles. The molecule has 0 unspecified atom stereocenters. The Hall–Kier alpha value is 0.0294. The molecule has 2 aromatic rings. The average Bonchev–Trinajstić information content (AvgIpc) is 2.83. The van der Waals surface area contributed by atoms with Crippen molar-refractivity contribution >= 4 is 68.0 Å². The first-order valence-electron chi connectivity index (χ1n) is 11.4. The molecule has 2 rings (SSSR count). The first-order valence-corrected chi connectivity index (χ1v) is 12.3. The van der Waals surface area contributed by atoms with Gasteiger partial charge in [0.2, 0.25) is 0 Å². The van der Waals surface area contributed by atoms with E-state index in [9.17, 15) is 29.7 Å². The summed E-state index contributed by atoms with van der Waals surface area (Å²) in [4.78, 5) is 40.5. The van der Waals surface area contributed by atoms with Crippen molar-refractivity contribution in [2.45, 2.75) is 9.79 Å². The molecule has 226 valence electrons. The molecule has 16 heteroatoms. The number of carboxylic acid groups (broad SMARTS) is 3. The van der Waals surface area contributed by atoms with E-state index in [1.165, 1.54) is 0 Å². The van der Waals surface area contributed by atoms with Gasteiger partial charge in [0.15, 0.2) is 0 Å². The van der Waals surface area contributed by atoms with Gasteiger partial charge in [-0.1, -0.05) is 61.9 Å². The largest absolute Gasteiger partial charge is 0.813 e. The fourth-order valence-electron chi connectivity index (χ4n) is 3.29. The third kappa shape index (κ3) is 19.3. The quantitative estimate of drug-likeness (QED) is 0.112. The van der Waals surface area contributed by atoms with Gasteiger partial charge in [0.05, 0.1) is 19.6 Å². The molecular formula is C24H32Gd2N5O6S3-3. The molecule has 0 aromatic heterocycles. The predicted molar refractivity (Wildman–Crippen MR) is 154 cm³/mol. The number of nitrogens with zero attached hydrogens (tertiary/aromatic N) is 5. The van der Waals surface area contributed by atoms with Crippen LogP contribution in [0, 0.1) is 79.9 Å². The fraction of sp³-hybridized carbons (Fsp3) is 0.375. The zero-order valence-electron chi connectivity index (χ0n) is 21.3. The molecule has 2 aromatic carbocycles. The minimum atomic E-state index is -1.04. The Kier molecular flexibility index (Phi) is 24.8. The standard InChI is InChI=1S/C24H31N5O6S2.2Gd.H2S/c30-22(31)13-27(9-11-28(14-23(32)33)16-25-18-1-5-20(36)6-2-18)10-12-29(15-24(34)35)17-26-19-3-7-21(37)8-4-19;;;/h1-8,36-37H,9-17H2,(H,30,31)(H,32,33)(H,34,35);;;1H2/q-2;;;/p-1. The second-order valence-corrected chi connectivity index (χ2v) is 9.23. The number of carbonyl (C=O) groups is 3. The summed E-state index contributed by atoms with van der Waals surface area (Å²) in [5, 5.41) is 36.7. The van der Waals surface area contributed by atoms with Gasteiger partial charge >= 0.3 is 17.9 Å². The second kappa shape index (κ2) is 23.5. The smallest absolute Gasteiger partial charge is 0.317 e. The summed E-state index contributed by atoms with van der Waals surface area (Å²) < 4.78 is 0. The topological polar surface area (TPSA) is 150 Å². The van der Waals surface area contributed by atoms with Crippen LogP contribution in [0.1, 0.15) is 0 Å². The number of benzene rings is 2. The zero-order chi connectivity index (χ0) is 27.2. The van der Waals surface area contributed by atoms with Gasteiger partial charge in [-0.3, -0.25) is 19.3 Å². The Bertz CT molecular complexity index is 952. The number of carboxylic acids is 3. The molecular weight excluding hydrogens is 865 g/mol. The van der Waals surface area contributed by atoms with E-state index >= 15 is 0 Å². The van der Waals surface area contributed by atoms with Crippen molar-refractivity contribution in [1.29, 1.82) is 0 Å². The Morgan fingerprint density at radius 3 is 1.15 bits per heavy atom. The van der Waals surface area contributed by atoms with Gasteiger partial charge in [0, 0.05) is 116 Å². The second-order valence-electron chi connectivity index (χ2n) is 8.19. The Balaban J connectivity index is 0. The van der Waals surface area contributed by atoms with Crippen molar-refractivity contribution in [3.63, 3.8) is 0 Å². The number of hydrogen-bond acceptors (Lipinski definition) is 9. The number of rotatable bonds is 18. The molecule has 0 bridgehead atoms. The Labute approximate surface area is 316 Å². The zero-order valence-corrected chi connectivity index (χ0v) is 28.6. The minimum absolute atomic E-state index is 0. The van der Waals surface area contributed by atoms with Gasteiger partial charge in [0.25, 0.3) is 0 Å². The molecule has 0 saturated carbocycles. The van der Waals surface area contributed by atoms with Crippen LogP contribution < -0.4 is 0 Å². The van der Waals surface area contributed by atoms with Crippen molar-refractivity contribution in [2.75, 3.05) is 59.2 Å². The van der Waals surface area contributed by atoms with Crippen LogP contribution in [0.3, 0.4) is 0 Å². The molecule has 0 spiro atoms. The van der Waals surface area contributed by atoms with Crippen molar-refractivity contribution in [1.82, 2.24) is 14.7 Å². The molecule has 0 saturated heterocycles. The van der Waals surface area contributed by atoms with Crippen LogP contribution in [0.2, 0.25) is 0 Å². The maximum absolute atomic E-state index is 11.4. The minimum Gasteiger partial charge on any atom is -0.813 e. The van der Waals surface area contributed by atoms with Crippen LogP contribution in [0.15, 0.2) is 58.3 Å². The Morgan fingerprint density at radius 2 is 0.850 bits per heavy atom. The van der Waals surface area contributed by atoms with Gasteiger partial charge in [-0.25, -0.2) is 0 Å². The monoisotopic (exact) mass is 898 g/mol. The van der Waals surface area contributed by atoms with Gasteiger partial charge in [-0.05, 0) is 0 Å². The molecule has 0 aliphatic rings. The number of thiol groups is 3. The van der Waals surface area contributed by atoms with E-state index in [0.29, 0.717) is 11.4 Å². The summed E-state index contributed by atoms with van der Waals surface area (Å²) in [6.07, 6.45) is 0. The molecule has 0 amide bonds. The molecule has 40 heavy (non-hydrogen) atoms. The maximum Gasteiger partial charge on any atom is 0.317 e. The van der Waals surface area contributed by atoms with Crippen LogP contribution in [0.25, 0.3) is 10.6 Å². The molecule has 0 atom stereocenters. The van der Waals surface area contributed by atoms with Crippen LogP contribution in [-0.4, -0.2) is 107 Å². The van der Waals surface area contributed by atoms with Crippen molar-refractivity contribution in [3.05, 3.63) is 59.2 Å². The summed E-state index contributed by atoms with van der Waals surface area (Å²) in [6.45, 7) is 0.470. The van der Waals surface area contributed by atoms with E-state index in [1.54, 1.807) is 63.2 Å². The van der Waals surface area contributed by atoms with Gasteiger partial charge in [0.1, 0.15) is 0 Å². The summed E-state index contributed by atoms with van der Waals surface area (Å²) in [6, 6.07) is 14.2. The molecule has 0 aliphatic heterocycles. The maximum atomic E-state index is 11.4. The fourth-order valence-corrected chi connectivity index (χ4v) is 3.59. The first-order chi connectivity index (χ1) is 17.6. The summed E-state index contributed by atoms with van der Waals surface area (Å²) in [5.41, 5.74) is 1.35. The average molecular weight is 897 g/mol. The summed E-state index contributed by atoms with van der Waals surface area (Å²) in [5.74, 6) is -3.08. The molecule has 11 nitrogen and oxygen atoms in total. The van der Waals surface area contributed by atoms with Gasteiger partial charge < -0.3 is 49.2 Å². The Morgan fingerprint density at radius 1 is 0.575 bits per heavy atom. The molecule has 0 radical (unpaired) electrons.